The van der Waals surface area contributed by atoms with Gasteiger partial charge in [-0.05, 0) is 38.5 Å². The van der Waals surface area contributed by atoms with Gasteiger partial charge in [0.25, 0.3) is 0 Å². The number of carbonyl (C=O) groups is 2. The highest BCUT2D eigenvalue weighted by atomic mass is 16.4. The Morgan fingerprint density at radius 3 is 1.13 bits per heavy atom. The minimum Gasteiger partial charge on any atom is -0.481 e. The topological polar surface area (TPSA) is 74.6 Å². The van der Waals surface area contributed by atoms with Crippen LogP contribution in [0.25, 0.3) is 0 Å². The molecule has 0 aromatic carbocycles. The number of rotatable bonds is 21. The lowest BCUT2D eigenvalue weighted by Crippen LogP contribution is -1.93. The van der Waals surface area contributed by atoms with Crippen LogP contribution in [-0.4, -0.2) is 22.2 Å². The van der Waals surface area contributed by atoms with Crippen molar-refractivity contribution < 1.29 is 19.8 Å². The summed E-state index contributed by atoms with van der Waals surface area (Å²) in [4.78, 5) is 20.4. The summed E-state index contributed by atoms with van der Waals surface area (Å²) in [5.41, 5.74) is 0. The van der Waals surface area contributed by atoms with E-state index in [2.05, 4.69) is 26.0 Å². The van der Waals surface area contributed by atoms with Gasteiger partial charge >= 0.3 is 11.9 Å². The van der Waals surface area contributed by atoms with Gasteiger partial charge < -0.3 is 10.2 Å². The van der Waals surface area contributed by atoms with Crippen molar-refractivity contribution in [2.24, 2.45) is 0 Å². The molecule has 0 bridgehead atoms. The molecule has 4 nitrogen and oxygen atoms in total. The fourth-order valence-electron chi connectivity index (χ4n) is 3.23. The molecule has 0 rings (SSSR count). The van der Waals surface area contributed by atoms with Crippen LogP contribution in [0.4, 0.5) is 0 Å². The maximum Gasteiger partial charge on any atom is 0.303 e. The summed E-state index contributed by atoms with van der Waals surface area (Å²) in [7, 11) is 0. The van der Waals surface area contributed by atoms with Crippen molar-refractivity contribution >= 4 is 11.9 Å². The number of carboxylic acids is 2. The molecule has 0 unspecified atom stereocenters. The van der Waals surface area contributed by atoms with Gasteiger partial charge in [0.15, 0.2) is 0 Å². The minimum absolute atomic E-state index is 0.332. The third kappa shape index (κ3) is 34.2. The molecular weight excluding hydrogens is 376 g/mol. The van der Waals surface area contributed by atoms with E-state index >= 15 is 0 Å². The Morgan fingerprint density at radius 1 is 0.500 bits per heavy atom. The largest absolute Gasteiger partial charge is 0.481 e. The highest BCUT2D eigenvalue weighted by Gasteiger charge is 1.96. The average Bonchev–Trinajstić information content (AvgIpc) is 2.71. The summed E-state index contributed by atoms with van der Waals surface area (Å²) in [6.45, 7) is 4.41. The summed E-state index contributed by atoms with van der Waals surface area (Å²) in [6.07, 6.45) is 27.1. The monoisotopic (exact) mass is 426 g/mol. The van der Waals surface area contributed by atoms with Gasteiger partial charge in [0.2, 0.25) is 0 Å². The first-order valence-corrected chi connectivity index (χ1v) is 12.6. The van der Waals surface area contributed by atoms with E-state index in [1.807, 2.05) is 0 Å². The van der Waals surface area contributed by atoms with E-state index in [1.165, 1.54) is 89.9 Å². The van der Waals surface area contributed by atoms with Gasteiger partial charge in [0, 0.05) is 12.8 Å². The Hall–Kier alpha value is -1.32. The van der Waals surface area contributed by atoms with Crippen LogP contribution in [0.3, 0.4) is 0 Å². The van der Waals surface area contributed by atoms with Crippen LogP contribution >= 0.6 is 0 Å². The van der Waals surface area contributed by atoms with Gasteiger partial charge in [-0.1, -0.05) is 103 Å². The zero-order valence-electron chi connectivity index (χ0n) is 20.0. The maximum absolute atomic E-state index is 10.3. The van der Waals surface area contributed by atoms with Crippen LogP contribution in [0.15, 0.2) is 12.2 Å². The highest BCUT2D eigenvalue weighted by molar-refractivity contribution is 5.66. The summed E-state index contributed by atoms with van der Waals surface area (Å²) < 4.78 is 0. The molecule has 178 valence electrons. The second-order valence-electron chi connectivity index (χ2n) is 8.29. The molecule has 0 spiro atoms. The number of allylic oxidation sites excluding steroid dienone is 2. The number of carboxylic acid groups (broad SMARTS) is 2. The molecule has 0 amide bonds. The number of unbranched alkanes of at least 4 members (excludes halogenated alkanes) is 15. The predicted octanol–water partition coefficient (Wildman–Crippen LogP) is 8.54. The molecule has 0 heterocycles. The molecule has 0 fully saturated rings. The van der Waals surface area contributed by atoms with E-state index in [0.717, 1.165) is 25.7 Å². The van der Waals surface area contributed by atoms with Crippen LogP contribution in [0.1, 0.15) is 142 Å². The molecule has 0 atom stereocenters. The molecule has 0 radical (unpaired) electrons. The van der Waals surface area contributed by atoms with Gasteiger partial charge in [0.1, 0.15) is 0 Å². The molecule has 0 saturated heterocycles. The second-order valence-corrected chi connectivity index (χ2v) is 8.29. The third-order valence-corrected chi connectivity index (χ3v) is 5.15. The lowest BCUT2D eigenvalue weighted by molar-refractivity contribution is -0.138. The van der Waals surface area contributed by atoms with Crippen LogP contribution in [0, 0.1) is 0 Å². The number of hydrogen-bond donors (Lipinski definition) is 2. The van der Waals surface area contributed by atoms with E-state index in [1.54, 1.807) is 0 Å². The Kier molecular flexibility index (Phi) is 28.5. The number of aliphatic carboxylic acids is 2. The Balaban J connectivity index is 0. The zero-order valence-corrected chi connectivity index (χ0v) is 20.0. The molecular formula is C26H50O4. The number of hydrogen-bond acceptors (Lipinski definition) is 2. The van der Waals surface area contributed by atoms with E-state index in [9.17, 15) is 9.59 Å². The molecule has 0 aliphatic rings. The van der Waals surface area contributed by atoms with Crippen LogP contribution in [0.2, 0.25) is 0 Å². The summed E-state index contributed by atoms with van der Waals surface area (Å²) in [5.74, 6) is -1.33. The smallest absolute Gasteiger partial charge is 0.303 e. The van der Waals surface area contributed by atoms with E-state index in [4.69, 9.17) is 10.2 Å². The van der Waals surface area contributed by atoms with E-state index in [-0.39, 0.29) is 0 Å². The molecule has 0 aromatic heterocycles. The fourth-order valence-corrected chi connectivity index (χ4v) is 3.23. The first-order valence-electron chi connectivity index (χ1n) is 12.6. The highest BCUT2D eigenvalue weighted by Crippen LogP contribution is 2.10. The van der Waals surface area contributed by atoms with Crippen molar-refractivity contribution in [3.8, 4) is 0 Å². The Labute approximate surface area is 186 Å². The first kappa shape index (κ1) is 30.9. The Bertz CT molecular complexity index is 390. The maximum atomic E-state index is 10.3. The van der Waals surface area contributed by atoms with Crippen LogP contribution in [0.5, 0.6) is 0 Å². The quantitative estimate of drug-likeness (QED) is 0.142. The average molecular weight is 427 g/mol. The van der Waals surface area contributed by atoms with Gasteiger partial charge in [-0.15, -0.1) is 0 Å². The van der Waals surface area contributed by atoms with Crippen molar-refractivity contribution in [2.45, 2.75) is 142 Å². The molecule has 0 saturated carbocycles. The van der Waals surface area contributed by atoms with Crippen molar-refractivity contribution in [3.05, 3.63) is 12.2 Å². The zero-order chi connectivity index (χ0) is 22.7. The SMILES string of the molecule is CCCCCCCC(=O)O.CCCCCCCCC=CCCCCCCCC(=O)O. The lowest BCUT2D eigenvalue weighted by Gasteiger charge is -1.99. The predicted molar refractivity (Wildman–Crippen MR) is 128 cm³/mol. The molecule has 0 aliphatic heterocycles. The van der Waals surface area contributed by atoms with Crippen molar-refractivity contribution in [3.63, 3.8) is 0 Å². The second kappa shape index (κ2) is 27.7. The normalized spacial score (nSPS) is 10.7. The van der Waals surface area contributed by atoms with E-state index < -0.39 is 11.9 Å². The van der Waals surface area contributed by atoms with Crippen LogP contribution < -0.4 is 0 Å². The van der Waals surface area contributed by atoms with Gasteiger partial charge in [-0.3, -0.25) is 9.59 Å². The van der Waals surface area contributed by atoms with Gasteiger partial charge in [0.05, 0.1) is 0 Å². The van der Waals surface area contributed by atoms with Gasteiger partial charge in [-0.25, -0.2) is 0 Å². The summed E-state index contributed by atoms with van der Waals surface area (Å²) in [5, 5.41) is 16.8. The van der Waals surface area contributed by atoms with Crippen molar-refractivity contribution in [2.75, 3.05) is 0 Å². The summed E-state index contributed by atoms with van der Waals surface area (Å²) in [6, 6.07) is 0. The molecule has 0 aliphatic carbocycles. The first-order chi connectivity index (χ1) is 14.5. The van der Waals surface area contributed by atoms with Crippen molar-refractivity contribution in [1.29, 1.82) is 0 Å². The third-order valence-electron chi connectivity index (χ3n) is 5.15. The molecule has 30 heavy (non-hydrogen) atoms. The fraction of sp³-hybridized carbons (Fsp3) is 0.846. The van der Waals surface area contributed by atoms with Crippen LogP contribution in [-0.2, 0) is 9.59 Å². The summed E-state index contributed by atoms with van der Waals surface area (Å²) >= 11 is 0. The minimum atomic E-state index is -0.670. The van der Waals surface area contributed by atoms with Gasteiger partial charge in [-0.2, -0.15) is 0 Å². The standard InChI is InChI=1S/C18H34O2.C8H16O2/c1-2-3-4-5-6-7-8-9-10-11-12-13-14-15-16-17-18(19)20;1-2-3-4-5-6-7-8(9)10/h9-10H,2-8,11-17H2,1H3,(H,19,20);2-7H2,1H3,(H,9,10). The molecule has 2 N–H and O–H groups in total. The molecule has 0 aromatic rings. The lowest BCUT2D eigenvalue weighted by atomic mass is 10.1. The molecule has 4 heteroatoms. The van der Waals surface area contributed by atoms with Crippen molar-refractivity contribution in [1.82, 2.24) is 0 Å². The Morgan fingerprint density at radius 2 is 0.800 bits per heavy atom. The van der Waals surface area contributed by atoms with E-state index in [0.29, 0.717) is 12.8 Å².